The van der Waals surface area contributed by atoms with Crippen molar-refractivity contribution in [3.8, 4) is 0 Å². The zero-order valence-electron chi connectivity index (χ0n) is 15.3. The Hall–Kier alpha value is -2.21. The van der Waals surface area contributed by atoms with Crippen LogP contribution < -0.4 is 4.80 Å². The summed E-state index contributed by atoms with van der Waals surface area (Å²) in [6.45, 7) is 5.92. The Labute approximate surface area is 167 Å². The summed E-state index contributed by atoms with van der Waals surface area (Å²) in [6.07, 6.45) is 3.14. The molecule has 1 amide bonds. The predicted molar refractivity (Wildman–Crippen MR) is 112 cm³/mol. The van der Waals surface area contributed by atoms with Crippen molar-refractivity contribution in [2.75, 3.05) is 13.2 Å². The first-order chi connectivity index (χ1) is 13.1. The number of benzene rings is 2. The monoisotopic (exact) mass is 400 g/mol. The Bertz CT molecular complexity index is 1050. The van der Waals surface area contributed by atoms with Gasteiger partial charge in [0.2, 0.25) is 0 Å². The summed E-state index contributed by atoms with van der Waals surface area (Å²) in [6, 6.07) is 13.5. The Morgan fingerprint density at radius 2 is 2.07 bits per heavy atom. The number of amides is 1. The van der Waals surface area contributed by atoms with Crippen molar-refractivity contribution in [2.24, 2.45) is 4.99 Å². The number of halogens is 1. The van der Waals surface area contributed by atoms with Crippen molar-refractivity contribution in [1.29, 1.82) is 0 Å². The maximum atomic E-state index is 12.4. The van der Waals surface area contributed by atoms with E-state index in [2.05, 4.69) is 22.5 Å². The highest BCUT2D eigenvalue weighted by Crippen LogP contribution is 2.21. The molecule has 0 aliphatic heterocycles. The lowest BCUT2D eigenvalue weighted by Crippen LogP contribution is -2.19. The molecule has 0 fully saturated rings. The van der Waals surface area contributed by atoms with E-state index in [0.29, 0.717) is 29.6 Å². The second kappa shape index (κ2) is 9.13. The average Bonchev–Trinajstić information content (AvgIpc) is 3.00. The fraction of sp³-hybridized carbons (Fsp3) is 0.238. The van der Waals surface area contributed by atoms with Gasteiger partial charge >= 0.3 is 0 Å². The fourth-order valence-electron chi connectivity index (χ4n) is 2.80. The summed E-state index contributed by atoms with van der Waals surface area (Å²) < 4.78 is 8.67. The van der Waals surface area contributed by atoms with E-state index in [1.54, 1.807) is 12.1 Å². The summed E-state index contributed by atoms with van der Waals surface area (Å²) in [4.78, 5) is 17.4. The normalized spacial score (nSPS) is 12.3. The van der Waals surface area contributed by atoms with Crippen molar-refractivity contribution >= 4 is 45.1 Å². The van der Waals surface area contributed by atoms with Gasteiger partial charge in [-0.15, -0.1) is 0 Å². The van der Waals surface area contributed by atoms with Crippen LogP contribution >= 0.6 is 22.9 Å². The minimum absolute atomic E-state index is 0.315. The van der Waals surface area contributed by atoms with Crippen LogP contribution in [0.5, 0.6) is 0 Å². The molecule has 0 atom stereocenters. The summed E-state index contributed by atoms with van der Waals surface area (Å²) in [7, 11) is 0. The molecule has 0 radical (unpaired) electrons. The number of aryl methyl sites for hydroxylation is 1. The average molecular weight is 401 g/mol. The fourth-order valence-corrected chi connectivity index (χ4v) is 4.14. The summed E-state index contributed by atoms with van der Waals surface area (Å²) in [5.41, 5.74) is 3.05. The molecule has 140 valence electrons. The van der Waals surface area contributed by atoms with Gasteiger partial charge in [0.15, 0.2) is 4.80 Å². The second-order valence-corrected chi connectivity index (χ2v) is 7.38. The summed E-state index contributed by atoms with van der Waals surface area (Å²) in [5, 5.41) is 0.603. The number of thiazole rings is 1. The first kappa shape index (κ1) is 19.5. The van der Waals surface area contributed by atoms with E-state index in [0.717, 1.165) is 21.3 Å². The van der Waals surface area contributed by atoms with Crippen molar-refractivity contribution in [1.82, 2.24) is 4.57 Å². The number of fused-ring (bicyclic) bond motifs is 1. The number of rotatable bonds is 6. The van der Waals surface area contributed by atoms with Gasteiger partial charge in [0, 0.05) is 24.3 Å². The SMILES string of the molecule is CCOCCn1c(=NC(=O)/C=C/c2ccccc2Cl)sc2cccc(C)c21. The summed E-state index contributed by atoms with van der Waals surface area (Å²) in [5.74, 6) is -0.315. The van der Waals surface area contributed by atoms with Gasteiger partial charge in [0.05, 0.1) is 16.8 Å². The zero-order valence-corrected chi connectivity index (χ0v) is 16.9. The van der Waals surface area contributed by atoms with Crippen molar-refractivity contribution < 1.29 is 9.53 Å². The number of carbonyl (C=O) groups excluding carboxylic acids is 1. The van der Waals surface area contributed by atoms with E-state index in [4.69, 9.17) is 16.3 Å². The van der Waals surface area contributed by atoms with Crippen LogP contribution in [0.4, 0.5) is 0 Å². The summed E-state index contributed by atoms with van der Waals surface area (Å²) >= 11 is 7.63. The van der Waals surface area contributed by atoms with Crippen LogP contribution in [0.2, 0.25) is 5.02 Å². The van der Waals surface area contributed by atoms with E-state index < -0.39 is 0 Å². The molecule has 0 bridgehead atoms. The van der Waals surface area contributed by atoms with Crippen LogP contribution in [0.1, 0.15) is 18.1 Å². The Morgan fingerprint density at radius 1 is 1.26 bits per heavy atom. The Balaban J connectivity index is 1.96. The molecule has 0 unspecified atom stereocenters. The standard InChI is InChI=1S/C21H21ClN2O2S/c1-3-26-14-13-24-20-15(2)7-6-10-18(20)27-21(24)23-19(25)12-11-16-8-4-5-9-17(16)22/h4-12H,3,13-14H2,1-2H3/b12-11+,23-21?. The largest absolute Gasteiger partial charge is 0.380 e. The van der Waals surface area contributed by atoms with Crippen molar-refractivity contribution in [3.63, 3.8) is 0 Å². The third-order valence-electron chi connectivity index (χ3n) is 4.08. The van der Waals surface area contributed by atoms with Gasteiger partial charge < -0.3 is 9.30 Å². The topological polar surface area (TPSA) is 43.6 Å². The number of hydrogen-bond donors (Lipinski definition) is 0. The van der Waals surface area contributed by atoms with Crippen LogP contribution in [0, 0.1) is 6.92 Å². The first-order valence-electron chi connectivity index (χ1n) is 8.78. The lowest BCUT2D eigenvalue weighted by Gasteiger charge is -2.07. The minimum Gasteiger partial charge on any atom is -0.380 e. The number of ether oxygens (including phenoxy) is 1. The Morgan fingerprint density at radius 3 is 2.85 bits per heavy atom. The molecule has 4 nitrogen and oxygen atoms in total. The first-order valence-corrected chi connectivity index (χ1v) is 9.97. The van der Waals surface area contributed by atoms with Gasteiger partial charge in [0.1, 0.15) is 0 Å². The Kier molecular flexibility index (Phi) is 6.61. The molecule has 3 aromatic rings. The number of hydrogen-bond acceptors (Lipinski definition) is 3. The van der Waals surface area contributed by atoms with E-state index in [1.165, 1.54) is 17.4 Å². The lowest BCUT2D eigenvalue weighted by molar-refractivity contribution is -0.113. The van der Waals surface area contributed by atoms with Gasteiger partial charge in [-0.3, -0.25) is 4.79 Å². The molecular weight excluding hydrogens is 380 g/mol. The van der Waals surface area contributed by atoms with Crippen LogP contribution in [0.15, 0.2) is 53.5 Å². The highest BCUT2D eigenvalue weighted by molar-refractivity contribution is 7.16. The van der Waals surface area contributed by atoms with Gasteiger partial charge in [0.25, 0.3) is 5.91 Å². The highest BCUT2D eigenvalue weighted by Gasteiger charge is 2.09. The lowest BCUT2D eigenvalue weighted by atomic mass is 10.2. The third kappa shape index (κ3) is 4.75. The predicted octanol–water partition coefficient (Wildman–Crippen LogP) is 4.84. The van der Waals surface area contributed by atoms with Crippen LogP contribution in [-0.2, 0) is 16.1 Å². The maximum Gasteiger partial charge on any atom is 0.272 e. The van der Waals surface area contributed by atoms with Crippen LogP contribution in [0.25, 0.3) is 16.3 Å². The molecule has 27 heavy (non-hydrogen) atoms. The molecule has 1 heterocycles. The van der Waals surface area contributed by atoms with Gasteiger partial charge in [-0.05, 0) is 43.2 Å². The molecule has 0 N–H and O–H groups in total. The molecular formula is C21H21ClN2O2S. The van der Waals surface area contributed by atoms with Crippen molar-refractivity contribution in [2.45, 2.75) is 20.4 Å². The number of nitrogens with zero attached hydrogens (tertiary/aromatic N) is 2. The molecule has 0 saturated heterocycles. The van der Waals surface area contributed by atoms with Crippen LogP contribution in [-0.4, -0.2) is 23.7 Å². The third-order valence-corrected chi connectivity index (χ3v) is 5.47. The number of carbonyl (C=O) groups is 1. The van der Waals surface area contributed by atoms with Gasteiger partial charge in [-0.1, -0.05) is 53.3 Å². The number of para-hydroxylation sites is 1. The quantitative estimate of drug-likeness (QED) is 0.439. The molecule has 0 spiro atoms. The molecule has 0 saturated carbocycles. The zero-order chi connectivity index (χ0) is 19.2. The van der Waals surface area contributed by atoms with Gasteiger partial charge in [-0.2, -0.15) is 4.99 Å². The van der Waals surface area contributed by atoms with E-state index in [1.807, 2.05) is 37.3 Å². The molecule has 6 heteroatoms. The van der Waals surface area contributed by atoms with E-state index in [-0.39, 0.29) is 5.91 Å². The molecule has 3 rings (SSSR count). The van der Waals surface area contributed by atoms with Crippen molar-refractivity contribution in [3.05, 3.63) is 69.5 Å². The molecule has 0 aliphatic rings. The molecule has 2 aromatic carbocycles. The van der Waals surface area contributed by atoms with Gasteiger partial charge in [-0.25, -0.2) is 0 Å². The molecule has 1 aromatic heterocycles. The minimum atomic E-state index is -0.315. The van der Waals surface area contributed by atoms with E-state index in [9.17, 15) is 4.79 Å². The highest BCUT2D eigenvalue weighted by atomic mass is 35.5. The second-order valence-electron chi connectivity index (χ2n) is 5.96. The smallest absolute Gasteiger partial charge is 0.272 e. The van der Waals surface area contributed by atoms with E-state index >= 15 is 0 Å². The maximum absolute atomic E-state index is 12.4. The molecule has 0 aliphatic carbocycles. The number of aromatic nitrogens is 1. The van der Waals surface area contributed by atoms with Crippen LogP contribution in [0.3, 0.4) is 0 Å².